The molecule has 4 rings (SSSR count). The maximum absolute atomic E-state index is 13.2. The third kappa shape index (κ3) is 5.51. The molecule has 0 atom stereocenters. The smallest absolute Gasteiger partial charge is 0.261 e. The Morgan fingerprint density at radius 1 is 0.829 bits per heavy atom. The maximum atomic E-state index is 13.2. The number of aryl methyl sites for hydroxylation is 1. The Balaban J connectivity index is 1.48. The fourth-order valence-electron chi connectivity index (χ4n) is 3.73. The van der Waals surface area contributed by atoms with Crippen LogP contribution in [-0.4, -0.2) is 58.1 Å². The summed E-state index contributed by atoms with van der Waals surface area (Å²) < 4.78 is 55.0. The summed E-state index contributed by atoms with van der Waals surface area (Å²) in [7, 11) is -7.50. The number of anilines is 1. The van der Waals surface area contributed by atoms with Crippen LogP contribution in [0.2, 0.25) is 5.02 Å². The van der Waals surface area contributed by atoms with Crippen molar-refractivity contribution in [3.8, 4) is 0 Å². The van der Waals surface area contributed by atoms with Gasteiger partial charge in [-0.1, -0.05) is 47.5 Å². The van der Waals surface area contributed by atoms with Crippen molar-refractivity contribution in [1.82, 2.24) is 9.21 Å². The predicted molar refractivity (Wildman–Crippen MR) is 135 cm³/mol. The molecule has 11 heteroatoms. The highest BCUT2D eigenvalue weighted by Crippen LogP contribution is 2.25. The lowest BCUT2D eigenvalue weighted by Gasteiger charge is -2.34. The van der Waals surface area contributed by atoms with E-state index in [-0.39, 0.29) is 52.2 Å². The number of hydrogen-bond donors (Lipinski definition) is 1. The summed E-state index contributed by atoms with van der Waals surface area (Å²) in [4.78, 5) is 15.0. The molecular formula is C24H24ClN3O5S2. The average Bonchev–Trinajstić information content (AvgIpc) is 2.85. The molecule has 1 heterocycles. The van der Waals surface area contributed by atoms with Gasteiger partial charge in [0.2, 0.25) is 10.0 Å². The van der Waals surface area contributed by atoms with Gasteiger partial charge in [0.15, 0.2) is 0 Å². The van der Waals surface area contributed by atoms with E-state index >= 15 is 0 Å². The number of rotatable bonds is 6. The topological polar surface area (TPSA) is 104 Å². The van der Waals surface area contributed by atoms with Crippen LogP contribution in [0.3, 0.4) is 0 Å². The van der Waals surface area contributed by atoms with Crippen LogP contribution in [-0.2, 0) is 20.0 Å². The number of nitrogens with zero attached hydrogens (tertiary/aromatic N) is 2. The summed E-state index contributed by atoms with van der Waals surface area (Å²) in [5, 5.41) is 0.174. The lowest BCUT2D eigenvalue weighted by molar-refractivity contribution is 0.0698. The van der Waals surface area contributed by atoms with Crippen LogP contribution in [0.5, 0.6) is 0 Å². The molecule has 1 N–H and O–H groups in total. The normalized spacial score (nSPS) is 15.1. The monoisotopic (exact) mass is 533 g/mol. The lowest BCUT2D eigenvalue weighted by atomic mass is 10.1. The van der Waals surface area contributed by atoms with Gasteiger partial charge < -0.3 is 4.90 Å². The zero-order valence-corrected chi connectivity index (χ0v) is 21.3. The van der Waals surface area contributed by atoms with Crippen molar-refractivity contribution in [3.05, 3.63) is 88.9 Å². The molecule has 1 aliphatic rings. The molecule has 0 bridgehead atoms. The third-order valence-corrected chi connectivity index (χ3v) is 9.33. The Kier molecular flexibility index (Phi) is 7.18. The van der Waals surface area contributed by atoms with Crippen molar-refractivity contribution in [1.29, 1.82) is 0 Å². The number of piperazine rings is 1. The number of nitrogens with one attached hydrogen (secondary N) is 1. The SMILES string of the molecule is Cc1ccc(S(=O)(=O)Nc2ccc(Cl)c(C(=O)N3CCN(S(=O)(=O)c4ccccc4)CC3)c2)cc1. The van der Waals surface area contributed by atoms with E-state index in [1.807, 2.05) is 6.92 Å². The molecule has 0 radical (unpaired) electrons. The summed E-state index contributed by atoms with van der Waals surface area (Å²) >= 11 is 6.27. The van der Waals surface area contributed by atoms with Crippen molar-refractivity contribution in [2.24, 2.45) is 0 Å². The van der Waals surface area contributed by atoms with Gasteiger partial charge in [-0.25, -0.2) is 16.8 Å². The van der Waals surface area contributed by atoms with E-state index in [0.29, 0.717) is 0 Å². The fourth-order valence-corrected chi connectivity index (χ4v) is 6.42. The van der Waals surface area contributed by atoms with E-state index in [2.05, 4.69) is 4.72 Å². The average molecular weight is 534 g/mol. The number of hydrogen-bond acceptors (Lipinski definition) is 5. The second-order valence-electron chi connectivity index (χ2n) is 8.12. The first-order valence-electron chi connectivity index (χ1n) is 10.8. The Labute approximate surface area is 210 Å². The Morgan fingerprint density at radius 2 is 1.46 bits per heavy atom. The molecule has 1 aliphatic heterocycles. The van der Waals surface area contributed by atoms with Gasteiger partial charge in [0, 0.05) is 31.9 Å². The molecule has 8 nitrogen and oxygen atoms in total. The van der Waals surface area contributed by atoms with Crippen LogP contribution in [0.15, 0.2) is 82.6 Å². The van der Waals surface area contributed by atoms with Gasteiger partial charge in [-0.3, -0.25) is 9.52 Å². The minimum absolute atomic E-state index is 0.0988. The molecule has 0 aliphatic carbocycles. The Morgan fingerprint density at radius 3 is 2.09 bits per heavy atom. The largest absolute Gasteiger partial charge is 0.336 e. The van der Waals surface area contributed by atoms with E-state index < -0.39 is 26.0 Å². The Hall–Kier alpha value is -2.92. The quantitative estimate of drug-likeness (QED) is 0.521. The highest BCUT2D eigenvalue weighted by Gasteiger charge is 2.31. The summed E-state index contributed by atoms with van der Waals surface area (Å²) in [6.45, 7) is 2.50. The lowest BCUT2D eigenvalue weighted by Crippen LogP contribution is -2.50. The minimum atomic E-state index is -3.85. The summed E-state index contributed by atoms with van der Waals surface area (Å²) in [6, 6.07) is 18.9. The zero-order chi connectivity index (χ0) is 25.2. The standard InChI is InChI=1S/C24H24ClN3O5S2/c1-18-7-10-20(11-8-18)34(30,31)26-19-9-12-23(25)22(17-19)24(29)27-13-15-28(16-14-27)35(32,33)21-5-3-2-4-6-21/h2-12,17,26H,13-16H2,1H3. The number of sulfonamides is 2. The van der Waals surface area contributed by atoms with Crippen LogP contribution in [0, 0.1) is 6.92 Å². The second kappa shape index (κ2) is 9.98. The fraction of sp³-hybridized carbons (Fsp3) is 0.208. The van der Waals surface area contributed by atoms with Crippen LogP contribution < -0.4 is 4.72 Å². The van der Waals surface area contributed by atoms with Crippen molar-refractivity contribution >= 4 is 43.2 Å². The molecule has 3 aromatic carbocycles. The number of halogens is 1. The third-order valence-electron chi connectivity index (χ3n) is 5.69. The van der Waals surface area contributed by atoms with E-state index in [1.165, 1.54) is 51.7 Å². The van der Waals surface area contributed by atoms with E-state index in [4.69, 9.17) is 11.6 Å². The van der Waals surface area contributed by atoms with Gasteiger partial charge in [0.1, 0.15) is 0 Å². The van der Waals surface area contributed by atoms with Crippen LogP contribution in [0.1, 0.15) is 15.9 Å². The molecule has 3 aromatic rings. The van der Waals surface area contributed by atoms with Gasteiger partial charge in [-0.2, -0.15) is 4.31 Å². The molecule has 184 valence electrons. The van der Waals surface area contributed by atoms with Crippen LogP contribution in [0.25, 0.3) is 0 Å². The van der Waals surface area contributed by atoms with Crippen molar-refractivity contribution in [3.63, 3.8) is 0 Å². The van der Waals surface area contributed by atoms with Gasteiger partial charge in [-0.05, 0) is 49.4 Å². The molecule has 35 heavy (non-hydrogen) atoms. The minimum Gasteiger partial charge on any atom is -0.336 e. The first-order valence-corrected chi connectivity index (χ1v) is 14.1. The zero-order valence-electron chi connectivity index (χ0n) is 18.9. The number of carbonyl (C=O) groups excluding carboxylic acids is 1. The van der Waals surface area contributed by atoms with Crippen LogP contribution >= 0.6 is 11.6 Å². The van der Waals surface area contributed by atoms with E-state index in [9.17, 15) is 21.6 Å². The van der Waals surface area contributed by atoms with E-state index in [1.54, 1.807) is 30.3 Å². The Bertz CT molecular complexity index is 1440. The molecule has 1 amide bonds. The summed E-state index contributed by atoms with van der Waals surface area (Å²) in [6.07, 6.45) is 0. The molecule has 0 spiro atoms. The summed E-state index contributed by atoms with van der Waals surface area (Å²) in [5.41, 5.74) is 1.26. The molecule has 0 aromatic heterocycles. The first-order chi connectivity index (χ1) is 16.6. The number of benzene rings is 3. The molecule has 1 saturated heterocycles. The molecule has 1 fully saturated rings. The van der Waals surface area contributed by atoms with Gasteiger partial charge >= 0.3 is 0 Å². The molecule has 0 saturated carbocycles. The molecule has 0 unspecified atom stereocenters. The summed E-state index contributed by atoms with van der Waals surface area (Å²) in [5.74, 6) is -0.400. The van der Waals surface area contributed by atoms with Gasteiger partial charge in [0.05, 0.1) is 20.4 Å². The van der Waals surface area contributed by atoms with Crippen molar-refractivity contribution in [2.45, 2.75) is 16.7 Å². The highest BCUT2D eigenvalue weighted by molar-refractivity contribution is 7.92. The number of carbonyl (C=O) groups is 1. The van der Waals surface area contributed by atoms with Crippen LogP contribution in [0.4, 0.5) is 5.69 Å². The molecular weight excluding hydrogens is 510 g/mol. The first kappa shape index (κ1) is 25.2. The highest BCUT2D eigenvalue weighted by atomic mass is 35.5. The van der Waals surface area contributed by atoms with E-state index in [0.717, 1.165) is 5.56 Å². The predicted octanol–water partition coefficient (Wildman–Crippen LogP) is 3.60. The van der Waals surface area contributed by atoms with Gasteiger partial charge in [0.25, 0.3) is 15.9 Å². The number of amides is 1. The second-order valence-corrected chi connectivity index (χ2v) is 12.2. The van der Waals surface area contributed by atoms with Crippen molar-refractivity contribution < 1.29 is 21.6 Å². The maximum Gasteiger partial charge on any atom is 0.261 e. The van der Waals surface area contributed by atoms with Gasteiger partial charge in [-0.15, -0.1) is 0 Å². The van der Waals surface area contributed by atoms with Crippen molar-refractivity contribution in [2.75, 3.05) is 30.9 Å².